The lowest BCUT2D eigenvalue weighted by Crippen LogP contribution is -2.36. The van der Waals surface area contributed by atoms with E-state index < -0.39 is 0 Å². The van der Waals surface area contributed by atoms with Crippen LogP contribution in [0, 0.1) is 0 Å². The van der Waals surface area contributed by atoms with Gasteiger partial charge < -0.3 is 20.3 Å². The van der Waals surface area contributed by atoms with Gasteiger partial charge in [0.25, 0.3) is 0 Å². The Morgan fingerprint density at radius 2 is 2.00 bits per heavy atom. The molecule has 5 heteroatoms. The largest absolute Gasteiger partial charge is 0.380 e. The number of nitrogens with one attached hydrogen (secondary N) is 2. The third kappa shape index (κ3) is 3.95. The molecule has 0 aromatic heterocycles. The molecule has 1 aliphatic heterocycles. The fourth-order valence-electron chi connectivity index (χ4n) is 2.17. The zero-order valence-electron chi connectivity index (χ0n) is 12.2. The van der Waals surface area contributed by atoms with Crippen molar-refractivity contribution in [1.29, 1.82) is 0 Å². The molecule has 1 aromatic carbocycles. The molecule has 1 unspecified atom stereocenters. The average Bonchev–Trinajstić information content (AvgIpc) is 2.76. The molecule has 1 atom stereocenters. The first-order valence-corrected chi connectivity index (χ1v) is 7.11. The summed E-state index contributed by atoms with van der Waals surface area (Å²) >= 11 is 0. The van der Waals surface area contributed by atoms with Crippen LogP contribution in [-0.4, -0.2) is 44.3 Å². The number of carbonyl (C=O) groups excluding carboxylic acids is 1. The molecule has 0 aliphatic carbocycles. The second-order valence-corrected chi connectivity index (χ2v) is 5.02. The van der Waals surface area contributed by atoms with Gasteiger partial charge >= 0.3 is 6.03 Å². The van der Waals surface area contributed by atoms with E-state index in [1.165, 1.54) is 5.56 Å². The minimum absolute atomic E-state index is 0.0510. The third-order valence-electron chi connectivity index (χ3n) is 3.60. The van der Waals surface area contributed by atoms with Crippen LogP contribution in [0.2, 0.25) is 0 Å². The van der Waals surface area contributed by atoms with Crippen molar-refractivity contribution in [3.63, 3.8) is 0 Å². The van der Waals surface area contributed by atoms with Gasteiger partial charge in [0.2, 0.25) is 0 Å². The van der Waals surface area contributed by atoms with Gasteiger partial charge in [-0.3, -0.25) is 0 Å². The summed E-state index contributed by atoms with van der Waals surface area (Å²) in [4.78, 5) is 13.9. The summed E-state index contributed by atoms with van der Waals surface area (Å²) in [6.45, 7) is 4.86. The smallest absolute Gasteiger partial charge is 0.321 e. The topological polar surface area (TPSA) is 53.6 Å². The van der Waals surface area contributed by atoms with Crippen molar-refractivity contribution in [3.05, 3.63) is 29.8 Å². The SMILES string of the molecule is CNC(C)c1ccc(NC(=O)N2CCCOCC2)cc1. The number of urea groups is 1. The number of benzene rings is 1. The molecule has 1 fully saturated rings. The Balaban J connectivity index is 1.93. The molecule has 5 nitrogen and oxygen atoms in total. The Morgan fingerprint density at radius 3 is 2.70 bits per heavy atom. The van der Waals surface area contributed by atoms with E-state index in [1.54, 1.807) is 4.90 Å². The Labute approximate surface area is 120 Å². The van der Waals surface area contributed by atoms with Gasteiger partial charge in [0, 0.05) is 31.4 Å². The maximum Gasteiger partial charge on any atom is 0.321 e. The van der Waals surface area contributed by atoms with Crippen LogP contribution in [0.5, 0.6) is 0 Å². The van der Waals surface area contributed by atoms with Crippen molar-refractivity contribution in [3.8, 4) is 0 Å². The highest BCUT2D eigenvalue weighted by Crippen LogP contribution is 2.16. The first-order chi connectivity index (χ1) is 9.70. The zero-order chi connectivity index (χ0) is 14.4. The predicted molar refractivity (Wildman–Crippen MR) is 79.9 cm³/mol. The molecule has 20 heavy (non-hydrogen) atoms. The monoisotopic (exact) mass is 277 g/mol. The first-order valence-electron chi connectivity index (χ1n) is 7.11. The number of carbonyl (C=O) groups is 1. The molecular weight excluding hydrogens is 254 g/mol. The predicted octanol–water partition coefficient (Wildman–Crippen LogP) is 2.22. The van der Waals surface area contributed by atoms with Crippen LogP contribution in [0.3, 0.4) is 0 Å². The van der Waals surface area contributed by atoms with Crippen LogP contribution in [0.4, 0.5) is 10.5 Å². The molecule has 1 saturated heterocycles. The second-order valence-electron chi connectivity index (χ2n) is 5.02. The average molecular weight is 277 g/mol. The van der Waals surface area contributed by atoms with Gasteiger partial charge in [-0.1, -0.05) is 12.1 Å². The van der Waals surface area contributed by atoms with Gasteiger partial charge in [0.15, 0.2) is 0 Å². The van der Waals surface area contributed by atoms with Crippen molar-refractivity contribution in [2.75, 3.05) is 38.7 Å². The van der Waals surface area contributed by atoms with Gasteiger partial charge in [-0.25, -0.2) is 4.79 Å². The third-order valence-corrected chi connectivity index (χ3v) is 3.60. The number of hydrogen-bond acceptors (Lipinski definition) is 3. The van der Waals surface area contributed by atoms with Crippen LogP contribution in [0.25, 0.3) is 0 Å². The molecule has 0 radical (unpaired) electrons. The first kappa shape index (κ1) is 14.8. The molecular formula is C15H23N3O2. The van der Waals surface area contributed by atoms with Crippen LogP contribution in [-0.2, 0) is 4.74 Å². The van der Waals surface area contributed by atoms with Crippen molar-refractivity contribution >= 4 is 11.7 Å². The minimum atomic E-state index is -0.0510. The number of ether oxygens (including phenoxy) is 1. The normalized spacial score (nSPS) is 17.4. The minimum Gasteiger partial charge on any atom is -0.380 e. The summed E-state index contributed by atoms with van der Waals surface area (Å²) in [5.41, 5.74) is 2.03. The van der Waals surface area contributed by atoms with Crippen molar-refractivity contribution < 1.29 is 9.53 Å². The maximum absolute atomic E-state index is 12.1. The molecule has 0 spiro atoms. The second kappa shape index (κ2) is 7.26. The summed E-state index contributed by atoms with van der Waals surface area (Å²) in [6.07, 6.45) is 0.895. The van der Waals surface area contributed by atoms with Crippen LogP contribution < -0.4 is 10.6 Å². The summed E-state index contributed by atoms with van der Waals surface area (Å²) < 4.78 is 5.35. The standard InChI is InChI=1S/C15H23N3O2/c1-12(16-2)13-4-6-14(7-5-13)17-15(19)18-8-3-10-20-11-9-18/h4-7,12,16H,3,8-11H2,1-2H3,(H,17,19). The highest BCUT2D eigenvalue weighted by atomic mass is 16.5. The molecule has 2 rings (SSSR count). The van der Waals surface area contributed by atoms with Crippen LogP contribution in [0.15, 0.2) is 24.3 Å². The number of rotatable bonds is 3. The van der Waals surface area contributed by atoms with E-state index in [0.29, 0.717) is 19.2 Å². The molecule has 1 aromatic rings. The van der Waals surface area contributed by atoms with E-state index in [2.05, 4.69) is 17.6 Å². The molecule has 2 N–H and O–H groups in total. The van der Waals surface area contributed by atoms with Crippen molar-refractivity contribution in [2.45, 2.75) is 19.4 Å². The van der Waals surface area contributed by atoms with Crippen LogP contribution in [0.1, 0.15) is 24.9 Å². The van der Waals surface area contributed by atoms with Gasteiger partial charge in [-0.15, -0.1) is 0 Å². The van der Waals surface area contributed by atoms with E-state index in [9.17, 15) is 4.79 Å². The quantitative estimate of drug-likeness (QED) is 0.890. The van der Waals surface area contributed by atoms with Gasteiger partial charge in [0.1, 0.15) is 0 Å². The maximum atomic E-state index is 12.1. The summed E-state index contributed by atoms with van der Waals surface area (Å²) in [7, 11) is 1.93. The summed E-state index contributed by atoms with van der Waals surface area (Å²) in [6, 6.07) is 8.20. The molecule has 110 valence electrons. The fourth-order valence-corrected chi connectivity index (χ4v) is 2.17. The lowest BCUT2D eigenvalue weighted by atomic mass is 10.1. The summed E-state index contributed by atoms with van der Waals surface area (Å²) in [5.74, 6) is 0. The Kier molecular flexibility index (Phi) is 5.38. The molecule has 1 heterocycles. The van der Waals surface area contributed by atoms with E-state index in [1.807, 2.05) is 31.3 Å². The van der Waals surface area contributed by atoms with Crippen molar-refractivity contribution in [1.82, 2.24) is 10.2 Å². The van der Waals surface area contributed by atoms with Gasteiger partial charge in [-0.05, 0) is 38.1 Å². The van der Waals surface area contributed by atoms with Gasteiger partial charge in [0.05, 0.1) is 6.61 Å². The lowest BCUT2D eigenvalue weighted by molar-refractivity contribution is 0.144. The molecule has 0 bridgehead atoms. The highest BCUT2D eigenvalue weighted by molar-refractivity contribution is 5.89. The zero-order valence-corrected chi connectivity index (χ0v) is 12.2. The Hall–Kier alpha value is -1.59. The number of amides is 2. The Morgan fingerprint density at radius 1 is 1.25 bits per heavy atom. The number of hydrogen-bond donors (Lipinski definition) is 2. The molecule has 1 aliphatic rings. The van der Waals surface area contributed by atoms with Gasteiger partial charge in [-0.2, -0.15) is 0 Å². The van der Waals surface area contributed by atoms with E-state index in [0.717, 1.165) is 25.3 Å². The van der Waals surface area contributed by atoms with E-state index >= 15 is 0 Å². The number of anilines is 1. The highest BCUT2D eigenvalue weighted by Gasteiger charge is 2.15. The van der Waals surface area contributed by atoms with Crippen molar-refractivity contribution in [2.24, 2.45) is 0 Å². The molecule has 0 saturated carbocycles. The molecule has 2 amide bonds. The van der Waals surface area contributed by atoms with Crippen LogP contribution >= 0.6 is 0 Å². The number of nitrogens with zero attached hydrogens (tertiary/aromatic N) is 1. The van der Waals surface area contributed by atoms with E-state index in [-0.39, 0.29) is 6.03 Å². The lowest BCUT2D eigenvalue weighted by Gasteiger charge is -2.20. The summed E-state index contributed by atoms with van der Waals surface area (Å²) in [5, 5.41) is 6.13. The fraction of sp³-hybridized carbons (Fsp3) is 0.533. The van der Waals surface area contributed by atoms with E-state index in [4.69, 9.17) is 4.74 Å². The Bertz CT molecular complexity index is 425.